The molecule has 2 aromatic rings. The largest absolute Gasteiger partial charge is 0.428 e. The van der Waals surface area contributed by atoms with Crippen molar-refractivity contribution >= 4 is 45.7 Å². The topological polar surface area (TPSA) is 38.3 Å². The predicted molar refractivity (Wildman–Crippen MR) is 97.8 cm³/mol. The minimum atomic E-state index is -4.79. The van der Waals surface area contributed by atoms with Gasteiger partial charge in [0.1, 0.15) is 0 Å². The summed E-state index contributed by atoms with van der Waals surface area (Å²) in [5.41, 5.74) is 0.550. The van der Waals surface area contributed by atoms with E-state index < -0.39 is 17.0 Å². The highest BCUT2D eigenvalue weighted by Crippen LogP contribution is 2.48. The number of carbonyl (C=O) groups excluding carboxylic acids is 1. The summed E-state index contributed by atoms with van der Waals surface area (Å²) < 4.78 is 41.8. The van der Waals surface area contributed by atoms with Gasteiger partial charge in [0.25, 0.3) is 5.24 Å². The first-order valence-electron chi connectivity index (χ1n) is 7.54. The maximum atomic E-state index is 13.9. The SMILES string of the molecule is Cc1cc(C2=CC(c3cc(Cl)cc(Cl)c3)(C(F)(F)F)ON2)ccc1C(=O)Cl. The van der Waals surface area contributed by atoms with E-state index in [1.807, 2.05) is 0 Å². The van der Waals surface area contributed by atoms with Gasteiger partial charge in [0.2, 0.25) is 5.60 Å². The lowest BCUT2D eigenvalue weighted by molar-refractivity contribution is -0.269. The van der Waals surface area contributed by atoms with E-state index in [4.69, 9.17) is 39.6 Å². The molecule has 1 aliphatic heterocycles. The van der Waals surface area contributed by atoms with E-state index in [0.29, 0.717) is 11.1 Å². The molecule has 3 rings (SSSR count). The van der Waals surface area contributed by atoms with Crippen molar-refractivity contribution in [3.05, 3.63) is 74.8 Å². The zero-order valence-electron chi connectivity index (χ0n) is 13.6. The van der Waals surface area contributed by atoms with Crippen molar-refractivity contribution in [2.24, 2.45) is 0 Å². The van der Waals surface area contributed by atoms with Crippen molar-refractivity contribution in [2.45, 2.75) is 18.7 Å². The highest BCUT2D eigenvalue weighted by molar-refractivity contribution is 6.67. The van der Waals surface area contributed by atoms with Gasteiger partial charge in [0.05, 0.1) is 5.70 Å². The third-order valence-corrected chi connectivity index (χ3v) is 4.77. The summed E-state index contributed by atoms with van der Waals surface area (Å²) in [6, 6.07) is 8.06. The van der Waals surface area contributed by atoms with Gasteiger partial charge in [-0.2, -0.15) is 13.2 Å². The molecule has 0 fully saturated rings. The summed E-state index contributed by atoms with van der Waals surface area (Å²) in [6.07, 6.45) is -3.89. The Morgan fingerprint density at radius 3 is 2.26 bits per heavy atom. The summed E-state index contributed by atoms with van der Waals surface area (Å²) in [5, 5.41) is -0.554. The highest BCUT2D eigenvalue weighted by Gasteiger charge is 2.59. The average molecular weight is 437 g/mol. The zero-order chi connectivity index (χ0) is 20.0. The molecule has 1 heterocycles. The Bertz CT molecular complexity index is 939. The van der Waals surface area contributed by atoms with E-state index in [1.54, 1.807) is 6.92 Å². The maximum Gasteiger partial charge on any atom is 0.428 e. The van der Waals surface area contributed by atoms with Crippen LogP contribution in [0.15, 0.2) is 42.5 Å². The quantitative estimate of drug-likeness (QED) is 0.599. The molecular weight excluding hydrogens is 426 g/mol. The number of hydroxylamine groups is 1. The Morgan fingerprint density at radius 2 is 1.74 bits per heavy atom. The molecule has 142 valence electrons. The second-order valence-electron chi connectivity index (χ2n) is 5.96. The van der Waals surface area contributed by atoms with E-state index in [0.717, 1.165) is 18.2 Å². The number of rotatable bonds is 3. The number of halogens is 6. The molecular formula is C18H11Cl3F3NO2. The van der Waals surface area contributed by atoms with Crippen molar-refractivity contribution in [3.63, 3.8) is 0 Å². The average Bonchev–Trinajstić information content (AvgIpc) is 3.00. The van der Waals surface area contributed by atoms with Crippen LogP contribution in [0.25, 0.3) is 5.70 Å². The highest BCUT2D eigenvalue weighted by atomic mass is 35.5. The van der Waals surface area contributed by atoms with Crippen molar-refractivity contribution in [1.29, 1.82) is 0 Å². The van der Waals surface area contributed by atoms with Gasteiger partial charge < -0.3 is 0 Å². The minimum absolute atomic E-state index is 0.0485. The lowest BCUT2D eigenvalue weighted by Crippen LogP contribution is -2.42. The Morgan fingerprint density at radius 1 is 1.11 bits per heavy atom. The van der Waals surface area contributed by atoms with Crippen LogP contribution >= 0.6 is 34.8 Å². The van der Waals surface area contributed by atoms with Crippen molar-refractivity contribution in [2.75, 3.05) is 0 Å². The molecule has 0 bridgehead atoms. The van der Waals surface area contributed by atoms with Crippen molar-refractivity contribution in [1.82, 2.24) is 5.48 Å². The van der Waals surface area contributed by atoms with Gasteiger partial charge in [-0.15, -0.1) is 0 Å². The van der Waals surface area contributed by atoms with Gasteiger partial charge in [0, 0.05) is 21.2 Å². The molecule has 27 heavy (non-hydrogen) atoms. The Hall–Kier alpha value is -1.73. The van der Waals surface area contributed by atoms with Gasteiger partial charge in [-0.05, 0) is 66.1 Å². The number of carbonyl (C=O) groups is 1. The molecule has 0 aliphatic carbocycles. The third-order valence-electron chi connectivity index (χ3n) is 4.13. The lowest BCUT2D eigenvalue weighted by atomic mass is 9.91. The molecule has 0 aromatic heterocycles. The number of nitrogens with one attached hydrogen (secondary N) is 1. The van der Waals surface area contributed by atoms with Crippen LogP contribution in [-0.4, -0.2) is 11.4 Å². The smallest absolute Gasteiger partial charge is 0.276 e. The minimum Gasteiger partial charge on any atom is -0.276 e. The second kappa shape index (κ2) is 7.02. The van der Waals surface area contributed by atoms with Crippen LogP contribution in [0.2, 0.25) is 10.0 Å². The molecule has 0 saturated heterocycles. The normalized spacial score (nSPS) is 19.6. The fraction of sp³-hybridized carbons (Fsp3) is 0.167. The first-order valence-corrected chi connectivity index (χ1v) is 8.68. The number of aryl methyl sites for hydroxylation is 1. The van der Waals surface area contributed by atoms with Gasteiger partial charge >= 0.3 is 6.18 Å². The first-order chi connectivity index (χ1) is 12.5. The molecule has 0 radical (unpaired) electrons. The van der Waals surface area contributed by atoms with Crippen LogP contribution in [0.4, 0.5) is 13.2 Å². The molecule has 0 saturated carbocycles. The molecule has 0 amide bonds. The van der Waals surface area contributed by atoms with E-state index in [-0.39, 0.29) is 26.9 Å². The molecule has 0 spiro atoms. The van der Waals surface area contributed by atoms with E-state index in [9.17, 15) is 18.0 Å². The van der Waals surface area contributed by atoms with Gasteiger partial charge in [-0.3, -0.25) is 15.1 Å². The van der Waals surface area contributed by atoms with Crippen LogP contribution in [0.3, 0.4) is 0 Å². The summed E-state index contributed by atoms with van der Waals surface area (Å²) >= 11 is 17.2. The van der Waals surface area contributed by atoms with Crippen LogP contribution in [0, 0.1) is 6.92 Å². The number of alkyl halides is 3. The molecule has 2 aromatic carbocycles. The number of hydrogen-bond donors (Lipinski definition) is 1. The molecule has 1 aliphatic rings. The molecule has 1 atom stereocenters. The third kappa shape index (κ3) is 3.67. The Kier molecular flexibility index (Phi) is 5.20. The maximum absolute atomic E-state index is 13.9. The molecule has 1 unspecified atom stereocenters. The van der Waals surface area contributed by atoms with Crippen molar-refractivity contribution < 1.29 is 22.8 Å². The van der Waals surface area contributed by atoms with E-state index in [2.05, 4.69) is 5.48 Å². The number of hydrogen-bond acceptors (Lipinski definition) is 3. The van der Waals surface area contributed by atoms with Gasteiger partial charge in [-0.1, -0.05) is 29.3 Å². The molecule has 3 nitrogen and oxygen atoms in total. The summed E-state index contributed by atoms with van der Waals surface area (Å²) in [6.45, 7) is 1.63. The van der Waals surface area contributed by atoms with Crippen molar-refractivity contribution in [3.8, 4) is 0 Å². The van der Waals surface area contributed by atoms with Crippen LogP contribution < -0.4 is 5.48 Å². The van der Waals surface area contributed by atoms with Gasteiger partial charge in [-0.25, -0.2) is 0 Å². The van der Waals surface area contributed by atoms with E-state index in [1.165, 1.54) is 24.3 Å². The van der Waals surface area contributed by atoms with Crippen LogP contribution in [-0.2, 0) is 10.4 Å². The fourth-order valence-electron chi connectivity index (χ4n) is 2.81. The van der Waals surface area contributed by atoms with Crippen LogP contribution in [0.5, 0.6) is 0 Å². The fourth-order valence-corrected chi connectivity index (χ4v) is 3.54. The summed E-state index contributed by atoms with van der Waals surface area (Å²) in [4.78, 5) is 16.3. The van der Waals surface area contributed by atoms with Gasteiger partial charge in [0.15, 0.2) is 0 Å². The zero-order valence-corrected chi connectivity index (χ0v) is 15.9. The molecule has 9 heteroatoms. The first kappa shape index (κ1) is 20.0. The van der Waals surface area contributed by atoms with Crippen LogP contribution in [0.1, 0.15) is 27.0 Å². The molecule has 1 N–H and O–H groups in total. The Balaban J connectivity index is 2.12. The predicted octanol–water partition coefficient (Wildman–Crippen LogP) is 6.01. The standard InChI is InChI=1S/C18H11Cl3F3NO2/c1-9-4-10(2-3-14(9)16(21)26)15-8-17(27-25-15,18(22,23)24)11-5-12(19)7-13(20)6-11/h2-8,25H,1H3. The monoisotopic (exact) mass is 435 g/mol. The summed E-state index contributed by atoms with van der Waals surface area (Å²) in [7, 11) is 0. The second-order valence-corrected chi connectivity index (χ2v) is 7.17. The van der Waals surface area contributed by atoms with E-state index >= 15 is 0 Å². The number of benzene rings is 2. The summed E-state index contributed by atoms with van der Waals surface area (Å²) in [5.74, 6) is 0. The Labute approximate surface area is 167 Å². The lowest BCUT2D eigenvalue weighted by Gasteiger charge is -2.28.